The van der Waals surface area contributed by atoms with Gasteiger partial charge in [0.25, 0.3) is 11.4 Å². The molecule has 1 rings (SSSR count). The monoisotopic (exact) mass is 415 g/mol. The van der Waals surface area contributed by atoms with E-state index in [2.05, 4.69) is 14.4 Å². The van der Waals surface area contributed by atoms with Crippen molar-refractivity contribution in [2.24, 2.45) is 0 Å². The van der Waals surface area contributed by atoms with Crippen LogP contribution in [0.2, 0.25) is 0 Å². The molecule has 0 saturated heterocycles. The number of rotatable bonds is 7. The number of nitrogens with zero attached hydrogens (tertiary/aromatic N) is 4. The Balaban J connectivity index is 3.33. The Hall–Kier alpha value is -4.10. The van der Waals surface area contributed by atoms with Crippen LogP contribution in [0.3, 0.4) is 0 Å². The van der Waals surface area contributed by atoms with Gasteiger partial charge in [0.2, 0.25) is 0 Å². The Kier molecular flexibility index (Phi) is 8.14. The van der Waals surface area contributed by atoms with Gasteiger partial charge in [-0.25, -0.2) is 28.6 Å². The largest absolute Gasteiger partial charge is 0.748 e. The number of esters is 1. The molecule has 1 aromatic rings. The lowest BCUT2D eigenvalue weighted by Crippen LogP contribution is -2.23. The Morgan fingerprint density at radius 3 is 2.07 bits per heavy atom. The van der Waals surface area contributed by atoms with Crippen LogP contribution in [0.15, 0.2) is 12.1 Å². The molecule has 148 valence electrons. The summed E-state index contributed by atoms with van der Waals surface area (Å²) < 4.78 is 46.5. The van der Waals surface area contributed by atoms with E-state index in [4.69, 9.17) is 33.1 Å². The third-order valence-corrected chi connectivity index (χ3v) is 3.74. The smallest absolute Gasteiger partial charge is 0.320 e. The fourth-order valence-electron chi connectivity index (χ4n) is 2.00. The van der Waals surface area contributed by atoms with Gasteiger partial charge in [-0.15, -0.1) is 0 Å². The zero-order chi connectivity index (χ0) is 22.0. The standard InChI is InChI=1S/C17H12N4O7S/c1-20-13(8-18)11-7-16(12(6-15(11)26-3)14(9-19)21-2)27-4-5-28-17(22)10-29(23,24)25/h6-7H,4-5,10H2,3H3,(H,23,24,25)/p-1/b13-11-,14-12+. The number of nitriles is 2. The van der Waals surface area contributed by atoms with Crippen LogP contribution in [0, 0.1) is 35.8 Å². The average molecular weight is 415 g/mol. The minimum Gasteiger partial charge on any atom is -0.748 e. The van der Waals surface area contributed by atoms with E-state index in [1.54, 1.807) is 12.1 Å². The molecular formula is C17H11N4O7S-. The van der Waals surface area contributed by atoms with Crippen molar-refractivity contribution in [2.75, 3.05) is 26.1 Å². The molecule has 0 unspecified atom stereocenters. The van der Waals surface area contributed by atoms with E-state index < -0.39 is 28.4 Å². The lowest BCUT2D eigenvalue weighted by atomic mass is 10.1. The molecule has 0 saturated carbocycles. The van der Waals surface area contributed by atoms with E-state index in [1.165, 1.54) is 19.2 Å². The van der Waals surface area contributed by atoms with Gasteiger partial charge in [-0.3, -0.25) is 4.79 Å². The molecule has 0 spiro atoms. The third-order valence-electron chi connectivity index (χ3n) is 3.15. The first-order valence-electron chi connectivity index (χ1n) is 7.44. The summed E-state index contributed by atoms with van der Waals surface area (Å²) in [4.78, 5) is 17.4. The first-order valence-corrected chi connectivity index (χ1v) is 9.02. The minimum atomic E-state index is -4.78. The molecule has 11 nitrogen and oxygen atoms in total. The molecule has 0 atom stereocenters. The highest BCUT2D eigenvalue weighted by Crippen LogP contribution is 2.12. The highest BCUT2D eigenvalue weighted by atomic mass is 32.2. The van der Waals surface area contributed by atoms with E-state index in [1.807, 2.05) is 0 Å². The van der Waals surface area contributed by atoms with Gasteiger partial charge >= 0.3 is 5.97 Å². The molecule has 0 fully saturated rings. The first-order chi connectivity index (χ1) is 13.7. The summed E-state index contributed by atoms with van der Waals surface area (Å²) in [7, 11) is -3.51. The molecule has 29 heavy (non-hydrogen) atoms. The van der Waals surface area contributed by atoms with Gasteiger partial charge in [-0.2, -0.15) is 0 Å². The van der Waals surface area contributed by atoms with Gasteiger partial charge < -0.3 is 18.8 Å². The van der Waals surface area contributed by atoms with Gasteiger partial charge in [0.1, 0.15) is 40.6 Å². The van der Waals surface area contributed by atoms with E-state index in [0.29, 0.717) is 0 Å². The molecule has 0 N–H and O–H groups in total. The van der Waals surface area contributed by atoms with Crippen LogP contribution in [0.5, 0.6) is 11.5 Å². The molecule has 0 aromatic heterocycles. The lowest BCUT2D eigenvalue weighted by Gasteiger charge is -2.11. The van der Waals surface area contributed by atoms with Crippen LogP contribution in [-0.4, -0.2) is 45.0 Å². The quantitative estimate of drug-likeness (QED) is 0.242. The molecule has 1 aromatic carbocycles. The van der Waals surface area contributed by atoms with Crippen LogP contribution in [0.25, 0.3) is 21.1 Å². The van der Waals surface area contributed by atoms with Gasteiger partial charge in [0, 0.05) is 10.4 Å². The van der Waals surface area contributed by atoms with Crippen LogP contribution < -0.4 is 19.9 Å². The van der Waals surface area contributed by atoms with E-state index in [9.17, 15) is 17.8 Å². The van der Waals surface area contributed by atoms with E-state index in [-0.39, 0.29) is 39.9 Å². The van der Waals surface area contributed by atoms with Crippen molar-refractivity contribution < 1.29 is 32.0 Å². The number of hydrogen-bond acceptors (Lipinski definition) is 9. The molecule has 0 aliphatic rings. The Bertz CT molecular complexity index is 1180. The predicted octanol–water partition coefficient (Wildman–Crippen LogP) is -0.735. The second kappa shape index (κ2) is 10.3. The third kappa shape index (κ3) is 6.53. The highest BCUT2D eigenvalue weighted by molar-refractivity contribution is 7.86. The minimum absolute atomic E-state index is 0.0128. The van der Waals surface area contributed by atoms with Gasteiger partial charge in [0.05, 0.1) is 32.4 Å². The molecule has 0 aliphatic heterocycles. The molecule has 12 heteroatoms. The first kappa shape index (κ1) is 22.9. The summed E-state index contributed by atoms with van der Waals surface area (Å²) in [6, 6.07) is 5.84. The van der Waals surface area contributed by atoms with Crippen molar-refractivity contribution in [3.05, 3.63) is 45.4 Å². The van der Waals surface area contributed by atoms with Crippen LogP contribution in [0.4, 0.5) is 0 Å². The van der Waals surface area contributed by atoms with Crippen molar-refractivity contribution in [3.63, 3.8) is 0 Å². The maximum atomic E-state index is 11.2. The van der Waals surface area contributed by atoms with Crippen molar-refractivity contribution in [1.29, 1.82) is 10.5 Å². The zero-order valence-corrected chi connectivity index (χ0v) is 15.6. The van der Waals surface area contributed by atoms with E-state index >= 15 is 0 Å². The second-order valence-corrected chi connectivity index (χ2v) is 6.37. The van der Waals surface area contributed by atoms with Crippen molar-refractivity contribution in [2.45, 2.75) is 0 Å². The Labute approximate surface area is 165 Å². The number of carbonyl (C=O) groups is 1. The summed E-state index contributed by atoms with van der Waals surface area (Å²) in [5.74, 6) is -2.61. The summed E-state index contributed by atoms with van der Waals surface area (Å²) in [6.45, 7) is 13.4. The molecule has 0 heterocycles. The molecular weight excluding hydrogens is 404 g/mol. The summed E-state index contributed by atoms with van der Waals surface area (Å²) >= 11 is 0. The number of ether oxygens (including phenoxy) is 3. The van der Waals surface area contributed by atoms with Gasteiger partial charge in [0.15, 0.2) is 0 Å². The lowest BCUT2D eigenvalue weighted by molar-refractivity contribution is -0.141. The van der Waals surface area contributed by atoms with Gasteiger partial charge in [-0.05, 0) is 12.1 Å². The van der Waals surface area contributed by atoms with Crippen molar-refractivity contribution in [1.82, 2.24) is 0 Å². The summed E-state index contributed by atoms with van der Waals surface area (Å²) in [6.07, 6.45) is 0. The maximum Gasteiger partial charge on any atom is 0.320 e. The highest BCUT2D eigenvalue weighted by Gasteiger charge is 2.12. The SMILES string of the molecule is [C-]#[N+]/C(C#N)=c1/cc(OCCOC(=O)CS(=O)(=O)[O-])/c(=C(\C#N)[N+]#[C-])cc1OC. The molecule has 0 radical (unpaired) electrons. The Morgan fingerprint density at radius 1 is 1.10 bits per heavy atom. The molecule has 0 bridgehead atoms. The number of carbonyl (C=O) groups excluding carboxylic acids is 1. The van der Waals surface area contributed by atoms with Crippen molar-refractivity contribution in [3.8, 4) is 23.6 Å². The number of methoxy groups -OCH3 is 1. The number of benzene rings is 1. The summed E-state index contributed by atoms with van der Waals surface area (Å²) in [5.41, 5.74) is -0.688. The number of hydrogen-bond donors (Lipinski definition) is 0. The zero-order valence-electron chi connectivity index (χ0n) is 14.8. The van der Waals surface area contributed by atoms with Crippen LogP contribution in [0.1, 0.15) is 0 Å². The topological polar surface area (TPSA) is 158 Å². The van der Waals surface area contributed by atoms with Crippen molar-refractivity contribution >= 4 is 27.5 Å². The fraction of sp³-hybridized carbons (Fsp3) is 0.235. The predicted molar refractivity (Wildman–Crippen MR) is 94.5 cm³/mol. The van der Waals surface area contributed by atoms with E-state index in [0.717, 1.165) is 0 Å². The molecule has 0 aliphatic carbocycles. The summed E-state index contributed by atoms with van der Waals surface area (Å²) in [5, 5.41) is 18.3. The van der Waals surface area contributed by atoms with Gasteiger partial charge in [-0.1, -0.05) is 0 Å². The molecule has 0 amide bonds. The van der Waals surface area contributed by atoms with Crippen LogP contribution >= 0.6 is 0 Å². The van der Waals surface area contributed by atoms with Crippen LogP contribution in [-0.2, 0) is 19.6 Å². The fourth-order valence-corrected chi connectivity index (χ4v) is 2.37. The normalized spacial score (nSPS) is 12.2. The average Bonchev–Trinajstić information content (AvgIpc) is 2.66. The maximum absolute atomic E-state index is 11.2. The second-order valence-electron chi connectivity index (χ2n) is 4.96. The Morgan fingerprint density at radius 2 is 1.62 bits per heavy atom.